The van der Waals surface area contributed by atoms with E-state index in [1.807, 2.05) is 34.9 Å². The van der Waals surface area contributed by atoms with E-state index in [4.69, 9.17) is 0 Å². The van der Waals surface area contributed by atoms with Crippen LogP contribution in [0.2, 0.25) is 0 Å². The summed E-state index contributed by atoms with van der Waals surface area (Å²) in [7, 11) is 0. The van der Waals surface area contributed by atoms with Crippen molar-refractivity contribution in [2.45, 2.75) is 31.7 Å². The predicted molar refractivity (Wildman–Crippen MR) is 140 cm³/mol. The van der Waals surface area contributed by atoms with Gasteiger partial charge in [0.2, 0.25) is 0 Å². The van der Waals surface area contributed by atoms with Crippen molar-refractivity contribution in [1.82, 2.24) is 14.5 Å². The van der Waals surface area contributed by atoms with E-state index in [1.165, 1.54) is 22.5 Å². The van der Waals surface area contributed by atoms with Crippen LogP contribution in [-0.2, 0) is 12.8 Å². The van der Waals surface area contributed by atoms with E-state index < -0.39 is 0 Å². The fraction of sp³-hybridized carbons (Fsp3) is 0.310. The van der Waals surface area contributed by atoms with Crippen LogP contribution in [0.15, 0.2) is 77.9 Å². The second kappa shape index (κ2) is 9.19. The number of fused-ring (bicyclic) bond motifs is 3. The zero-order valence-corrected chi connectivity index (χ0v) is 19.8. The summed E-state index contributed by atoms with van der Waals surface area (Å²) in [5, 5.41) is 10.8. The number of aryl methyl sites for hydroxylation is 2. The first-order chi connectivity index (χ1) is 17.2. The van der Waals surface area contributed by atoms with Gasteiger partial charge >= 0.3 is 0 Å². The number of nitrogens with zero attached hydrogens (tertiary/aromatic N) is 4. The quantitative estimate of drug-likeness (QED) is 0.473. The van der Waals surface area contributed by atoms with E-state index in [0.717, 1.165) is 57.4 Å². The molecule has 0 spiro atoms. The predicted octanol–water partition coefficient (Wildman–Crippen LogP) is 4.68. The first kappa shape index (κ1) is 21.9. The summed E-state index contributed by atoms with van der Waals surface area (Å²) < 4.78 is 1.84. The minimum absolute atomic E-state index is 0.0649. The summed E-state index contributed by atoms with van der Waals surface area (Å²) in [5.41, 5.74) is 5.83. The van der Waals surface area contributed by atoms with E-state index in [-0.39, 0.29) is 11.6 Å². The number of hydrogen-bond donors (Lipinski definition) is 1. The van der Waals surface area contributed by atoms with Crippen LogP contribution < -0.4 is 10.5 Å². The van der Waals surface area contributed by atoms with E-state index in [0.29, 0.717) is 11.1 Å². The molecule has 0 unspecified atom stereocenters. The Morgan fingerprint density at radius 3 is 2.49 bits per heavy atom. The Kier molecular flexibility index (Phi) is 5.74. The van der Waals surface area contributed by atoms with Gasteiger partial charge in [-0.1, -0.05) is 30.3 Å². The average molecular weight is 467 g/mol. The third kappa shape index (κ3) is 4.19. The smallest absolute Gasteiger partial charge is 0.261 e. The van der Waals surface area contributed by atoms with Crippen LogP contribution in [0.4, 0.5) is 11.4 Å². The highest BCUT2D eigenvalue weighted by molar-refractivity contribution is 5.77. The second-order valence-corrected chi connectivity index (χ2v) is 9.64. The third-order valence-corrected chi connectivity index (χ3v) is 7.58. The van der Waals surface area contributed by atoms with E-state index in [9.17, 15) is 9.90 Å². The lowest BCUT2D eigenvalue weighted by Crippen LogP contribution is -2.41. The van der Waals surface area contributed by atoms with Crippen LogP contribution in [0, 0.1) is 0 Å². The molecule has 1 N–H and O–H groups in total. The molecule has 3 heterocycles. The molecule has 0 bridgehead atoms. The van der Waals surface area contributed by atoms with Gasteiger partial charge in [-0.05, 0) is 73.2 Å². The first-order valence-electron chi connectivity index (χ1n) is 12.5. The molecule has 0 radical (unpaired) electrons. The summed E-state index contributed by atoms with van der Waals surface area (Å²) in [6.07, 6.45) is 5.52. The monoisotopic (exact) mass is 466 g/mol. The number of phenolic OH excluding ortho intramolecular Hbond substituents is 1. The Labute approximate surface area is 205 Å². The van der Waals surface area contributed by atoms with Crippen molar-refractivity contribution in [1.29, 1.82) is 0 Å². The summed E-state index contributed by atoms with van der Waals surface area (Å²) in [5.74, 6) is 0.329. The number of benzene rings is 3. The summed E-state index contributed by atoms with van der Waals surface area (Å²) >= 11 is 0. The van der Waals surface area contributed by atoms with Crippen LogP contribution in [0.3, 0.4) is 0 Å². The van der Waals surface area contributed by atoms with Crippen molar-refractivity contribution >= 4 is 22.3 Å². The summed E-state index contributed by atoms with van der Waals surface area (Å²) in [4.78, 5) is 22.5. The maximum Gasteiger partial charge on any atom is 0.261 e. The Hall–Kier alpha value is -3.64. The van der Waals surface area contributed by atoms with Gasteiger partial charge in [-0.25, -0.2) is 4.98 Å². The summed E-state index contributed by atoms with van der Waals surface area (Å²) in [6.45, 7) is 3.76. The minimum Gasteiger partial charge on any atom is -0.508 e. The van der Waals surface area contributed by atoms with Crippen LogP contribution in [-0.4, -0.2) is 45.7 Å². The number of hydrogen-bond acceptors (Lipinski definition) is 5. The van der Waals surface area contributed by atoms with Gasteiger partial charge in [0.05, 0.1) is 17.2 Å². The molecule has 6 heteroatoms. The van der Waals surface area contributed by atoms with Crippen LogP contribution in [0.1, 0.15) is 30.0 Å². The third-order valence-electron chi connectivity index (χ3n) is 7.58. The molecule has 1 aromatic heterocycles. The number of anilines is 2. The fourth-order valence-corrected chi connectivity index (χ4v) is 5.67. The lowest BCUT2D eigenvalue weighted by Gasteiger charge is -2.35. The molecule has 6 rings (SSSR count). The Bertz CT molecular complexity index is 1420. The largest absolute Gasteiger partial charge is 0.508 e. The van der Waals surface area contributed by atoms with Crippen molar-refractivity contribution in [3.8, 4) is 5.75 Å². The van der Waals surface area contributed by atoms with Crippen molar-refractivity contribution in [2.75, 3.05) is 31.1 Å². The number of likely N-dealkylation sites (tertiary alicyclic amines) is 1. The Morgan fingerprint density at radius 1 is 0.857 bits per heavy atom. The molecule has 2 aliphatic heterocycles. The molecule has 4 aromatic rings. The van der Waals surface area contributed by atoms with Gasteiger partial charge < -0.3 is 14.9 Å². The number of aromatic nitrogens is 2. The number of para-hydroxylation sites is 2. The molecule has 3 aromatic carbocycles. The molecule has 1 saturated heterocycles. The SMILES string of the molecule is O=c1c2ccccc2ncn1C1CCN(CCN2c3ccccc3CCc3cc(O)ccc32)CC1. The van der Waals surface area contributed by atoms with Crippen LogP contribution in [0.25, 0.3) is 10.9 Å². The highest BCUT2D eigenvalue weighted by Gasteiger charge is 2.25. The lowest BCUT2D eigenvalue weighted by atomic mass is 10.0. The Balaban J connectivity index is 1.17. The zero-order chi connectivity index (χ0) is 23.8. The van der Waals surface area contributed by atoms with Crippen molar-refractivity contribution < 1.29 is 5.11 Å². The number of aromatic hydroxyl groups is 1. The number of piperidine rings is 1. The number of phenols is 1. The molecule has 0 atom stereocenters. The van der Waals surface area contributed by atoms with Crippen molar-refractivity contribution in [3.05, 3.63) is 94.5 Å². The van der Waals surface area contributed by atoms with Crippen molar-refractivity contribution in [3.63, 3.8) is 0 Å². The van der Waals surface area contributed by atoms with E-state index >= 15 is 0 Å². The van der Waals surface area contributed by atoms with Crippen LogP contribution >= 0.6 is 0 Å². The molecule has 35 heavy (non-hydrogen) atoms. The van der Waals surface area contributed by atoms with Gasteiger partial charge in [-0.3, -0.25) is 9.36 Å². The van der Waals surface area contributed by atoms with Gasteiger partial charge in [-0.2, -0.15) is 0 Å². The van der Waals surface area contributed by atoms with Gasteiger partial charge in [0.15, 0.2) is 0 Å². The van der Waals surface area contributed by atoms with Gasteiger partial charge in [0, 0.05) is 43.6 Å². The van der Waals surface area contributed by atoms with E-state index in [1.54, 1.807) is 12.4 Å². The molecule has 1 fully saturated rings. The maximum absolute atomic E-state index is 13.0. The van der Waals surface area contributed by atoms with Crippen LogP contribution in [0.5, 0.6) is 5.75 Å². The van der Waals surface area contributed by atoms with Gasteiger partial charge in [-0.15, -0.1) is 0 Å². The maximum atomic E-state index is 13.0. The standard InChI is InChI=1S/C29H30N4O2/c34-24-11-12-28-22(19-24)10-9-21-5-1-4-8-27(21)32(28)18-17-31-15-13-23(14-16-31)33-20-30-26-7-3-2-6-25(26)29(33)35/h1-8,11-12,19-20,23,34H,9-10,13-18H2. The normalized spacial score (nSPS) is 16.6. The highest BCUT2D eigenvalue weighted by Crippen LogP contribution is 2.37. The molecule has 2 aliphatic rings. The molecular formula is C29H30N4O2. The molecule has 178 valence electrons. The lowest BCUT2D eigenvalue weighted by molar-refractivity contribution is 0.188. The summed E-state index contributed by atoms with van der Waals surface area (Å²) in [6, 6.07) is 22.2. The average Bonchev–Trinajstić information content (AvgIpc) is 3.05. The Morgan fingerprint density at radius 2 is 1.60 bits per heavy atom. The fourth-order valence-electron chi connectivity index (χ4n) is 5.67. The molecule has 6 nitrogen and oxygen atoms in total. The van der Waals surface area contributed by atoms with Gasteiger partial charge in [0.25, 0.3) is 5.56 Å². The molecule has 0 saturated carbocycles. The van der Waals surface area contributed by atoms with Gasteiger partial charge in [0.1, 0.15) is 5.75 Å². The first-order valence-corrected chi connectivity index (χ1v) is 12.5. The van der Waals surface area contributed by atoms with E-state index in [2.05, 4.69) is 45.1 Å². The molecule has 0 aliphatic carbocycles. The highest BCUT2D eigenvalue weighted by atomic mass is 16.3. The van der Waals surface area contributed by atoms with Crippen molar-refractivity contribution in [2.24, 2.45) is 0 Å². The molecule has 0 amide bonds. The zero-order valence-electron chi connectivity index (χ0n) is 19.8. The topological polar surface area (TPSA) is 61.6 Å². The second-order valence-electron chi connectivity index (χ2n) is 9.64. The minimum atomic E-state index is 0.0649. The number of rotatable bonds is 4. The molecular weight excluding hydrogens is 436 g/mol.